The first-order valence-electron chi connectivity index (χ1n) is 14.2. The first-order valence-corrected chi connectivity index (χ1v) is 14.2. The summed E-state index contributed by atoms with van der Waals surface area (Å²) in [7, 11) is 1.54. The van der Waals surface area contributed by atoms with Crippen molar-refractivity contribution in [3.05, 3.63) is 120 Å². The van der Waals surface area contributed by atoms with Crippen LogP contribution >= 0.6 is 0 Å². The summed E-state index contributed by atoms with van der Waals surface area (Å²) in [5.74, 6) is -1.13. The molecule has 0 radical (unpaired) electrons. The summed E-state index contributed by atoms with van der Waals surface area (Å²) in [4.78, 5) is 60.3. The van der Waals surface area contributed by atoms with E-state index < -0.39 is 36.5 Å². The number of nitrogens with zero attached hydrogens (tertiary/aromatic N) is 2. The maximum atomic E-state index is 14.0. The minimum atomic E-state index is -1.11. The van der Waals surface area contributed by atoms with Crippen LogP contribution in [0.3, 0.4) is 0 Å². The Bertz CT molecular complexity index is 1510. The highest BCUT2D eigenvalue weighted by Crippen LogP contribution is 2.15. The summed E-state index contributed by atoms with van der Waals surface area (Å²) in [5, 5.41) is 5.15. The second kappa shape index (κ2) is 16.8. The van der Waals surface area contributed by atoms with Crippen molar-refractivity contribution in [1.82, 2.24) is 25.5 Å². The molecular weight excluding hydrogens is 578 g/mol. The fraction of sp³-hybridized carbons (Fsp3) is 0.242. The van der Waals surface area contributed by atoms with E-state index in [0.29, 0.717) is 17.0 Å². The van der Waals surface area contributed by atoms with Gasteiger partial charge in [-0.25, -0.2) is 9.78 Å². The zero-order valence-corrected chi connectivity index (χ0v) is 24.8. The topological polar surface area (TPSA) is 152 Å². The molecule has 12 nitrogen and oxygen atoms in total. The van der Waals surface area contributed by atoms with Gasteiger partial charge in [-0.1, -0.05) is 72.8 Å². The van der Waals surface area contributed by atoms with Gasteiger partial charge in [-0.05, 0) is 28.8 Å². The van der Waals surface area contributed by atoms with E-state index in [2.05, 4.69) is 20.6 Å². The molecule has 0 bridgehead atoms. The van der Waals surface area contributed by atoms with Crippen molar-refractivity contribution >= 4 is 23.9 Å². The largest absolute Gasteiger partial charge is 0.497 e. The number of amides is 3. The summed E-state index contributed by atoms with van der Waals surface area (Å²) in [6.07, 6.45) is 2.31. The second-order valence-corrected chi connectivity index (χ2v) is 9.99. The predicted molar refractivity (Wildman–Crippen MR) is 164 cm³/mol. The fourth-order valence-corrected chi connectivity index (χ4v) is 4.29. The molecule has 12 heteroatoms. The second-order valence-electron chi connectivity index (χ2n) is 9.99. The Labute approximate surface area is 260 Å². The van der Waals surface area contributed by atoms with Crippen molar-refractivity contribution in [1.29, 1.82) is 0 Å². The zero-order chi connectivity index (χ0) is 31.9. The SMILES string of the molecule is COc1ccc(CN(CC(=O)NCC(=O)OCc2ccccc2)C(=O)[C@H](Cc2c[nH]cn2)NC(=O)OCc2ccccc2)cc1. The Morgan fingerprint density at radius 1 is 0.844 bits per heavy atom. The van der Waals surface area contributed by atoms with Gasteiger partial charge in [-0.15, -0.1) is 0 Å². The molecule has 0 spiro atoms. The van der Waals surface area contributed by atoms with Crippen molar-refractivity contribution in [2.75, 3.05) is 20.2 Å². The van der Waals surface area contributed by atoms with Gasteiger partial charge in [-0.2, -0.15) is 0 Å². The Hall–Kier alpha value is -5.65. The molecule has 0 saturated carbocycles. The number of imidazole rings is 1. The summed E-state index contributed by atoms with van der Waals surface area (Å²) in [6.45, 7) is -0.662. The van der Waals surface area contributed by atoms with E-state index in [0.717, 1.165) is 11.1 Å². The van der Waals surface area contributed by atoms with E-state index >= 15 is 0 Å². The number of benzene rings is 3. The number of alkyl carbamates (subject to hydrolysis) is 1. The molecule has 0 aliphatic rings. The van der Waals surface area contributed by atoms with Crippen molar-refractivity contribution in [3.8, 4) is 5.75 Å². The van der Waals surface area contributed by atoms with Gasteiger partial charge < -0.3 is 34.7 Å². The summed E-state index contributed by atoms with van der Waals surface area (Å²) >= 11 is 0. The van der Waals surface area contributed by atoms with Crippen LogP contribution in [0.25, 0.3) is 0 Å². The first-order chi connectivity index (χ1) is 21.9. The van der Waals surface area contributed by atoms with Gasteiger partial charge in [0.15, 0.2) is 0 Å². The molecule has 4 aromatic rings. The summed E-state index contributed by atoms with van der Waals surface area (Å²) in [6, 6.07) is 24.2. The molecule has 1 heterocycles. The van der Waals surface area contributed by atoms with E-state index in [1.54, 1.807) is 37.6 Å². The fourth-order valence-electron chi connectivity index (χ4n) is 4.29. The molecule has 234 valence electrons. The number of hydrogen-bond donors (Lipinski definition) is 3. The van der Waals surface area contributed by atoms with Crippen LogP contribution in [0.5, 0.6) is 5.75 Å². The van der Waals surface area contributed by atoms with Crippen LogP contribution in [0.1, 0.15) is 22.4 Å². The average molecular weight is 614 g/mol. The molecule has 4 rings (SSSR count). The molecule has 3 aromatic carbocycles. The average Bonchev–Trinajstić information content (AvgIpc) is 3.59. The van der Waals surface area contributed by atoms with Gasteiger partial charge in [0.2, 0.25) is 11.8 Å². The van der Waals surface area contributed by atoms with Gasteiger partial charge in [0.05, 0.1) is 25.7 Å². The minimum absolute atomic E-state index is 0.00826. The number of hydrogen-bond acceptors (Lipinski definition) is 8. The standard InChI is InChI=1S/C33H35N5O7/c1-43-28-14-12-24(13-15-28)19-38(20-30(39)35-18-31(40)44-21-25-8-4-2-5-9-25)32(41)29(16-27-17-34-23-36-27)37-33(42)45-22-26-10-6-3-7-11-26/h2-15,17,23,29H,16,18-22H2,1H3,(H,34,36)(H,35,39)(H,37,42)/t29-/m0/s1. The van der Waals surface area contributed by atoms with Crippen LogP contribution in [-0.4, -0.2) is 65.0 Å². The number of methoxy groups -OCH3 is 1. The minimum Gasteiger partial charge on any atom is -0.497 e. The van der Waals surface area contributed by atoms with E-state index in [9.17, 15) is 19.2 Å². The quantitative estimate of drug-likeness (QED) is 0.173. The maximum Gasteiger partial charge on any atom is 0.408 e. The Morgan fingerprint density at radius 2 is 1.49 bits per heavy atom. The van der Waals surface area contributed by atoms with E-state index in [1.807, 2.05) is 60.7 Å². The number of carbonyl (C=O) groups excluding carboxylic acids is 4. The molecule has 3 amide bonds. The van der Waals surface area contributed by atoms with Gasteiger partial charge >= 0.3 is 12.1 Å². The number of H-pyrrole nitrogens is 1. The van der Waals surface area contributed by atoms with Gasteiger partial charge in [0.1, 0.15) is 31.5 Å². The molecule has 0 saturated heterocycles. The number of carbonyl (C=O) groups is 4. The summed E-state index contributed by atoms with van der Waals surface area (Å²) in [5.41, 5.74) is 2.82. The van der Waals surface area contributed by atoms with Crippen LogP contribution in [0.15, 0.2) is 97.5 Å². The maximum absolute atomic E-state index is 14.0. The zero-order valence-electron chi connectivity index (χ0n) is 24.8. The monoisotopic (exact) mass is 613 g/mol. The molecule has 0 unspecified atom stereocenters. The number of nitrogens with one attached hydrogen (secondary N) is 3. The Balaban J connectivity index is 1.44. The third-order valence-corrected chi connectivity index (χ3v) is 6.62. The van der Waals surface area contributed by atoms with Crippen LogP contribution in [0.2, 0.25) is 0 Å². The van der Waals surface area contributed by atoms with Crippen molar-refractivity contribution < 1.29 is 33.4 Å². The van der Waals surface area contributed by atoms with E-state index in [-0.39, 0.29) is 32.7 Å². The highest BCUT2D eigenvalue weighted by molar-refractivity contribution is 5.90. The molecule has 0 aliphatic heterocycles. The van der Waals surface area contributed by atoms with Crippen LogP contribution in [-0.2, 0) is 50.0 Å². The van der Waals surface area contributed by atoms with Crippen molar-refractivity contribution in [3.63, 3.8) is 0 Å². The molecule has 0 fully saturated rings. The van der Waals surface area contributed by atoms with Crippen molar-refractivity contribution in [2.24, 2.45) is 0 Å². The molecule has 45 heavy (non-hydrogen) atoms. The number of aromatic amines is 1. The molecule has 1 aromatic heterocycles. The van der Waals surface area contributed by atoms with Crippen LogP contribution < -0.4 is 15.4 Å². The molecule has 1 atom stereocenters. The van der Waals surface area contributed by atoms with Gasteiger partial charge in [-0.3, -0.25) is 14.4 Å². The molecular formula is C33H35N5O7. The summed E-state index contributed by atoms with van der Waals surface area (Å²) < 4.78 is 15.8. The number of esters is 1. The normalized spacial score (nSPS) is 11.1. The highest BCUT2D eigenvalue weighted by Gasteiger charge is 2.29. The third-order valence-electron chi connectivity index (χ3n) is 6.62. The van der Waals surface area contributed by atoms with Crippen molar-refractivity contribution in [2.45, 2.75) is 32.2 Å². The number of rotatable bonds is 15. The van der Waals surface area contributed by atoms with Crippen LogP contribution in [0.4, 0.5) is 4.79 Å². The molecule has 0 aliphatic carbocycles. The lowest BCUT2D eigenvalue weighted by molar-refractivity contribution is -0.145. The predicted octanol–water partition coefficient (Wildman–Crippen LogP) is 3.14. The Kier molecular flexibility index (Phi) is 12.1. The van der Waals surface area contributed by atoms with E-state index in [1.165, 1.54) is 11.2 Å². The van der Waals surface area contributed by atoms with Gasteiger partial charge in [0, 0.05) is 19.2 Å². The number of aromatic nitrogens is 2. The van der Waals surface area contributed by atoms with Crippen LogP contribution in [0, 0.1) is 0 Å². The molecule has 3 N–H and O–H groups in total. The van der Waals surface area contributed by atoms with E-state index in [4.69, 9.17) is 14.2 Å². The Morgan fingerprint density at radius 3 is 2.09 bits per heavy atom. The smallest absolute Gasteiger partial charge is 0.408 e. The first kappa shape index (κ1) is 32.3. The lowest BCUT2D eigenvalue weighted by Crippen LogP contribution is -2.52. The lowest BCUT2D eigenvalue weighted by Gasteiger charge is -2.27. The lowest BCUT2D eigenvalue weighted by atomic mass is 10.1. The van der Waals surface area contributed by atoms with Gasteiger partial charge in [0.25, 0.3) is 0 Å². The number of ether oxygens (including phenoxy) is 3. The highest BCUT2D eigenvalue weighted by atomic mass is 16.5. The third kappa shape index (κ3) is 10.8.